The van der Waals surface area contributed by atoms with Crippen LogP contribution in [0.15, 0.2) is 18.2 Å². The fourth-order valence-corrected chi connectivity index (χ4v) is 3.88. The molecule has 2 nitrogen and oxygen atoms in total. The fraction of sp³-hybridized carbons (Fsp3) is 0.600. The molecule has 0 saturated heterocycles. The lowest BCUT2D eigenvalue weighted by molar-refractivity contribution is 0.412. The van der Waals surface area contributed by atoms with Gasteiger partial charge in [-0.3, -0.25) is 0 Å². The van der Waals surface area contributed by atoms with Crippen LogP contribution in [0.5, 0.6) is 5.75 Å². The van der Waals surface area contributed by atoms with Gasteiger partial charge in [-0.1, -0.05) is 19.4 Å². The fourth-order valence-electron chi connectivity index (χ4n) is 2.48. The van der Waals surface area contributed by atoms with Crippen molar-refractivity contribution >= 4 is 11.8 Å². The van der Waals surface area contributed by atoms with Gasteiger partial charge in [-0.2, -0.15) is 11.8 Å². The summed E-state index contributed by atoms with van der Waals surface area (Å²) in [5, 5.41) is 0.566. The van der Waals surface area contributed by atoms with E-state index in [0.717, 1.165) is 12.2 Å². The molecule has 2 atom stereocenters. The van der Waals surface area contributed by atoms with Crippen molar-refractivity contribution in [1.29, 1.82) is 0 Å². The molecular formula is C15H23NOS. The van der Waals surface area contributed by atoms with Crippen molar-refractivity contribution in [2.75, 3.05) is 12.9 Å². The van der Waals surface area contributed by atoms with Crippen LogP contribution in [0.2, 0.25) is 0 Å². The Hall–Kier alpha value is -0.670. The zero-order valence-corrected chi connectivity index (χ0v) is 12.1. The van der Waals surface area contributed by atoms with Crippen LogP contribution < -0.4 is 10.5 Å². The van der Waals surface area contributed by atoms with E-state index in [-0.39, 0.29) is 6.04 Å². The van der Waals surface area contributed by atoms with Crippen LogP contribution in [0.25, 0.3) is 0 Å². The van der Waals surface area contributed by atoms with Gasteiger partial charge in [0, 0.05) is 11.3 Å². The first-order valence-electron chi connectivity index (χ1n) is 6.80. The van der Waals surface area contributed by atoms with E-state index in [0.29, 0.717) is 5.25 Å². The van der Waals surface area contributed by atoms with Gasteiger partial charge in [-0.15, -0.1) is 0 Å². The van der Waals surface area contributed by atoms with Gasteiger partial charge in [-0.25, -0.2) is 0 Å². The summed E-state index contributed by atoms with van der Waals surface area (Å²) in [6.07, 6.45) is 4.91. The highest BCUT2D eigenvalue weighted by Crippen LogP contribution is 2.37. The summed E-state index contributed by atoms with van der Waals surface area (Å²) in [4.78, 5) is 0. The number of aryl methyl sites for hydroxylation is 1. The Kier molecular flexibility index (Phi) is 4.95. The highest BCUT2D eigenvalue weighted by atomic mass is 32.2. The lowest BCUT2D eigenvalue weighted by Crippen LogP contribution is -2.29. The molecule has 2 unspecified atom stereocenters. The van der Waals surface area contributed by atoms with E-state index in [1.165, 1.54) is 36.1 Å². The van der Waals surface area contributed by atoms with Crippen molar-refractivity contribution in [3.8, 4) is 5.75 Å². The zero-order chi connectivity index (χ0) is 13.0. The van der Waals surface area contributed by atoms with Gasteiger partial charge >= 0.3 is 0 Å². The average molecular weight is 265 g/mol. The van der Waals surface area contributed by atoms with Crippen LogP contribution in [0.4, 0.5) is 0 Å². The largest absolute Gasteiger partial charge is 0.497 e. The lowest BCUT2D eigenvalue weighted by atomic mass is 9.87. The standard InChI is InChI=1S/C15H23NOS/c1-3-4-9-18-14-8-6-11-5-7-12(17-2)10-13(11)15(14)16/h5,7,10,14-15H,3-4,6,8-9,16H2,1-2H3. The first-order valence-corrected chi connectivity index (χ1v) is 7.85. The van der Waals surface area contributed by atoms with E-state index >= 15 is 0 Å². The first kappa shape index (κ1) is 13.8. The molecule has 1 aromatic rings. The van der Waals surface area contributed by atoms with Crippen LogP contribution >= 0.6 is 11.8 Å². The summed E-state index contributed by atoms with van der Waals surface area (Å²) < 4.78 is 5.30. The van der Waals surface area contributed by atoms with E-state index < -0.39 is 0 Å². The smallest absolute Gasteiger partial charge is 0.119 e. The second kappa shape index (κ2) is 6.48. The monoisotopic (exact) mass is 265 g/mol. The maximum Gasteiger partial charge on any atom is 0.119 e. The van der Waals surface area contributed by atoms with Crippen LogP contribution in [0.3, 0.4) is 0 Å². The van der Waals surface area contributed by atoms with Crippen molar-refractivity contribution in [3.63, 3.8) is 0 Å². The molecule has 1 aliphatic rings. The maximum atomic E-state index is 6.42. The Morgan fingerprint density at radius 3 is 3.00 bits per heavy atom. The predicted molar refractivity (Wildman–Crippen MR) is 79.4 cm³/mol. The van der Waals surface area contributed by atoms with Gasteiger partial charge in [0.25, 0.3) is 0 Å². The summed E-state index contributed by atoms with van der Waals surface area (Å²) in [6.45, 7) is 2.24. The maximum absolute atomic E-state index is 6.42. The summed E-state index contributed by atoms with van der Waals surface area (Å²) in [5.41, 5.74) is 9.11. The van der Waals surface area contributed by atoms with Crippen LogP contribution in [-0.4, -0.2) is 18.1 Å². The summed E-state index contributed by atoms with van der Waals surface area (Å²) in [6, 6.07) is 6.48. The summed E-state index contributed by atoms with van der Waals surface area (Å²) >= 11 is 2.04. The van der Waals surface area contributed by atoms with Gasteiger partial charge in [0.05, 0.1) is 7.11 Å². The van der Waals surface area contributed by atoms with Crippen molar-refractivity contribution in [2.24, 2.45) is 5.73 Å². The normalized spacial score (nSPS) is 22.6. The number of hydrogen-bond acceptors (Lipinski definition) is 3. The number of ether oxygens (including phenoxy) is 1. The quantitative estimate of drug-likeness (QED) is 0.827. The molecule has 0 aromatic heterocycles. The number of methoxy groups -OCH3 is 1. The van der Waals surface area contributed by atoms with Gasteiger partial charge in [0.15, 0.2) is 0 Å². The zero-order valence-electron chi connectivity index (χ0n) is 11.3. The minimum absolute atomic E-state index is 0.158. The number of benzene rings is 1. The lowest BCUT2D eigenvalue weighted by Gasteiger charge is -2.31. The van der Waals surface area contributed by atoms with Gasteiger partial charge in [0.1, 0.15) is 5.75 Å². The molecule has 18 heavy (non-hydrogen) atoms. The third-order valence-corrected chi connectivity index (χ3v) is 5.12. The molecule has 0 amide bonds. The second-order valence-corrected chi connectivity index (χ2v) is 6.24. The predicted octanol–water partition coefficient (Wildman–Crippen LogP) is 3.54. The second-order valence-electron chi connectivity index (χ2n) is 4.89. The van der Waals surface area contributed by atoms with E-state index in [2.05, 4.69) is 19.1 Å². The number of rotatable bonds is 5. The molecule has 0 spiro atoms. The molecule has 0 saturated carbocycles. The molecule has 0 radical (unpaired) electrons. The number of fused-ring (bicyclic) bond motifs is 1. The molecule has 1 aliphatic carbocycles. The molecular weight excluding hydrogens is 242 g/mol. The van der Waals surface area contributed by atoms with Crippen molar-refractivity contribution in [1.82, 2.24) is 0 Å². The van der Waals surface area contributed by atoms with Gasteiger partial charge in [-0.05, 0) is 48.3 Å². The summed E-state index contributed by atoms with van der Waals surface area (Å²) in [7, 11) is 1.71. The first-order chi connectivity index (χ1) is 8.76. The van der Waals surface area contributed by atoms with Gasteiger partial charge < -0.3 is 10.5 Å². The summed E-state index contributed by atoms with van der Waals surface area (Å²) in [5.74, 6) is 2.15. The number of unbranched alkanes of at least 4 members (excludes halogenated alkanes) is 1. The Morgan fingerprint density at radius 2 is 2.28 bits per heavy atom. The Labute approximate surface area is 114 Å². The average Bonchev–Trinajstić information content (AvgIpc) is 2.41. The highest BCUT2D eigenvalue weighted by Gasteiger charge is 2.27. The topological polar surface area (TPSA) is 35.2 Å². The van der Waals surface area contributed by atoms with E-state index in [1.54, 1.807) is 7.11 Å². The Morgan fingerprint density at radius 1 is 1.44 bits per heavy atom. The third-order valence-electron chi connectivity index (χ3n) is 3.64. The molecule has 2 N–H and O–H groups in total. The molecule has 0 bridgehead atoms. The van der Waals surface area contributed by atoms with Crippen molar-refractivity contribution in [2.45, 2.75) is 43.9 Å². The van der Waals surface area contributed by atoms with Crippen molar-refractivity contribution in [3.05, 3.63) is 29.3 Å². The third kappa shape index (κ3) is 3.01. The molecule has 0 heterocycles. The number of hydrogen-bond donors (Lipinski definition) is 1. The minimum Gasteiger partial charge on any atom is -0.497 e. The van der Waals surface area contributed by atoms with E-state index in [9.17, 15) is 0 Å². The molecule has 1 aromatic carbocycles. The molecule has 2 rings (SSSR count). The van der Waals surface area contributed by atoms with E-state index in [1.807, 2.05) is 17.8 Å². The van der Waals surface area contributed by atoms with Crippen LogP contribution in [-0.2, 0) is 6.42 Å². The van der Waals surface area contributed by atoms with Crippen LogP contribution in [0, 0.1) is 0 Å². The number of thioether (sulfide) groups is 1. The molecule has 3 heteroatoms. The Bertz CT molecular complexity index is 394. The van der Waals surface area contributed by atoms with E-state index in [4.69, 9.17) is 10.5 Å². The van der Waals surface area contributed by atoms with Crippen LogP contribution in [0.1, 0.15) is 43.4 Å². The van der Waals surface area contributed by atoms with Crippen molar-refractivity contribution < 1.29 is 4.74 Å². The minimum atomic E-state index is 0.158. The Balaban J connectivity index is 2.08. The molecule has 0 fully saturated rings. The molecule has 0 aliphatic heterocycles. The molecule has 100 valence electrons. The SMILES string of the molecule is CCCCSC1CCc2ccc(OC)cc2C1N. The number of nitrogens with two attached hydrogens (primary N) is 1. The highest BCUT2D eigenvalue weighted by molar-refractivity contribution is 7.99. The van der Waals surface area contributed by atoms with Gasteiger partial charge in [0.2, 0.25) is 0 Å².